The molecule has 1 atom stereocenters. The Labute approximate surface area is 162 Å². The number of rotatable bonds is 3. The number of aryl methyl sites for hydroxylation is 2. The number of aromatic nitrogens is 1. The van der Waals surface area contributed by atoms with Crippen LogP contribution in [0.5, 0.6) is 0 Å². The monoisotopic (exact) mass is 376 g/mol. The van der Waals surface area contributed by atoms with Crippen LogP contribution in [-0.2, 0) is 0 Å². The van der Waals surface area contributed by atoms with E-state index in [1.165, 1.54) is 0 Å². The molecular formula is C21H20N4O3. The predicted octanol–water partition coefficient (Wildman–Crippen LogP) is 3.42. The first kappa shape index (κ1) is 17.8. The SMILES string of the molecule is Cc1ccc2c(n1)N(C)[C@H](c1ccc(NC(=O)c3ccc(C)o3)cc1)NC2=O. The summed E-state index contributed by atoms with van der Waals surface area (Å²) in [6.07, 6.45) is -0.341. The second-order valence-electron chi connectivity index (χ2n) is 6.80. The summed E-state index contributed by atoms with van der Waals surface area (Å²) in [5, 5.41) is 5.79. The van der Waals surface area contributed by atoms with Crippen molar-refractivity contribution >= 4 is 23.3 Å². The Hall–Kier alpha value is -3.61. The lowest BCUT2D eigenvalue weighted by Gasteiger charge is -2.35. The predicted molar refractivity (Wildman–Crippen MR) is 105 cm³/mol. The molecule has 7 nitrogen and oxygen atoms in total. The number of hydrogen-bond donors (Lipinski definition) is 2. The molecule has 0 saturated carbocycles. The van der Waals surface area contributed by atoms with Crippen LogP contribution in [0.25, 0.3) is 0 Å². The average molecular weight is 376 g/mol. The smallest absolute Gasteiger partial charge is 0.291 e. The first-order valence-corrected chi connectivity index (χ1v) is 8.91. The van der Waals surface area contributed by atoms with Crippen molar-refractivity contribution in [3.05, 3.63) is 76.9 Å². The Bertz CT molecular complexity index is 1060. The Kier molecular flexibility index (Phi) is 4.35. The first-order valence-electron chi connectivity index (χ1n) is 8.91. The van der Waals surface area contributed by atoms with Gasteiger partial charge in [-0.1, -0.05) is 12.1 Å². The van der Waals surface area contributed by atoms with E-state index in [4.69, 9.17) is 4.42 Å². The van der Waals surface area contributed by atoms with E-state index < -0.39 is 0 Å². The van der Waals surface area contributed by atoms with Crippen molar-refractivity contribution in [3.8, 4) is 0 Å². The Balaban J connectivity index is 1.54. The number of furan rings is 1. The van der Waals surface area contributed by atoms with Gasteiger partial charge in [-0.25, -0.2) is 4.98 Å². The second-order valence-corrected chi connectivity index (χ2v) is 6.80. The Morgan fingerprint density at radius 1 is 1.11 bits per heavy atom. The molecule has 1 aliphatic heterocycles. The summed E-state index contributed by atoms with van der Waals surface area (Å²) in [7, 11) is 1.89. The summed E-state index contributed by atoms with van der Waals surface area (Å²) in [5.74, 6) is 1.13. The third-order valence-electron chi connectivity index (χ3n) is 4.70. The molecule has 4 rings (SSSR count). The molecule has 1 aliphatic rings. The first-order chi connectivity index (χ1) is 13.4. The summed E-state index contributed by atoms with van der Waals surface area (Å²) >= 11 is 0. The highest BCUT2D eigenvalue weighted by Gasteiger charge is 2.30. The van der Waals surface area contributed by atoms with E-state index in [1.807, 2.05) is 37.1 Å². The minimum atomic E-state index is -0.341. The van der Waals surface area contributed by atoms with Crippen LogP contribution in [0.2, 0.25) is 0 Å². The van der Waals surface area contributed by atoms with Crippen LogP contribution >= 0.6 is 0 Å². The molecule has 0 saturated heterocycles. The van der Waals surface area contributed by atoms with Gasteiger partial charge in [-0.2, -0.15) is 0 Å². The van der Waals surface area contributed by atoms with Crippen molar-refractivity contribution in [2.75, 3.05) is 17.3 Å². The highest BCUT2D eigenvalue weighted by molar-refractivity contribution is 6.02. The van der Waals surface area contributed by atoms with Crippen LogP contribution in [0.1, 0.15) is 44.1 Å². The van der Waals surface area contributed by atoms with Gasteiger partial charge in [0.2, 0.25) is 0 Å². The minimum absolute atomic E-state index is 0.156. The van der Waals surface area contributed by atoms with Gasteiger partial charge in [-0.05, 0) is 55.8 Å². The van der Waals surface area contributed by atoms with E-state index in [9.17, 15) is 9.59 Å². The maximum atomic E-state index is 12.5. The second kappa shape index (κ2) is 6.84. The number of carbonyl (C=O) groups is 2. The summed E-state index contributed by atoms with van der Waals surface area (Å²) < 4.78 is 5.33. The molecule has 3 heterocycles. The lowest BCUT2D eigenvalue weighted by Crippen LogP contribution is -2.45. The average Bonchev–Trinajstić information content (AvgIpc) is 3.12. The van der Waals surface area contributed by atoms with E-state index in [2.05, 4.69) is 15.6 Å². The number of nitrogens with one attached hydrogen (secondary N) is 2. The summed E-state index contributed by atoms with van der Waals surface area (Å²) in [5.41, 5.74) is 2.94. The van der Waals surface area contributed by atoms with Gasteiger partial charge in [0.05, 0.1) is 5.56 Å². The van der Waals surface area contributed by atoms with Crippen LogP contribution in [0, 0.1) is 13.8 Å². The molecule has 142 valence electrons. The van der Waals surface area contributed by atoms with Crippen molar-refractivity contribution < 1.29 is 14.0 Å². The molecule has 7 heteroatoms. The summed E-state index contributed by atoms with van der Waals surface area (Å²) in [6, 6.07) is 14.3. The molecule has 2 N–H and O–H groups in total. The normalized spacial score (nSPS) is 15.8. The van der Waals surface area contributed by atoms with Crippen LogP contribution in [0.4, 0.5) is 11.5 Å². The Morgan fingerprint density at radius 2 is 1.86 bits per heavy atom. The largest absolute Gasteiger partial charge is 0.456 e. The number of anilines is 2. The third-order valence-corrected chi connectivity index (χ3v) is 4.70. The quantitative estimate of drug-likeness (QED) is 0.731. The van der Waals surface area contributed by atoms with Crippen LogP contribution in [0.3, 0.4) is 0 Å². The molecule has 0 bridgehead atoms. The fraction of sp³-hybridized carbons (Fsp3) is 0.190. The lowest BCUT2D eigenvalue weighted by molar-refractivity contribution is 0.0926. The number of amides is 2. The van der Waals surface area contributed by atoms with Crippen LogP contribution in [-0.4, -0.2) is 23.8 Å². The zero-order valence-electron chi connectivity index (χ0n) is 15.8. The number of hydrogen-bond acceptors (Lipinski definition) is 5. The van der Waals surface area contributed by atoms with Gasteiger partial charge in [0.25, 0.3) is 11.8 Å². The highest BCUT2D eigenvalue weighted by Crippen LogP contribution is 2.30. The van der Waals surface area contributed by atoms with Crippen molar-refractivity contribution in [1.82, 2.24) is 10.3 Å². The van der Waals surface area contributed by atoms with Gasteiger partial charge in [0.1, 0.15) is 17.7 Å². The van der Waals surface area contributed by atoms with E-state index in [0.29, 0.717) is 22.8 Å². The van der Waals surface area contributed by atoms with E-state index in [-0.39, 0.29) is 23.7 Å². The number of fused-ring (bicyclic) bond motifs is 1. The lowest BCUT2D eigenvalue weighted by atomic mass is 10.1. The van der Waals surface area contributed by atoms with Crippen molar-refractivity contribution in [1.29, 1.82) is 0 Å². The van der Waals surface area contributed by atoms with E-state index in [0.717, 1.165) is 11.3 Å². The molecule has 2 aromatic heterocycles. The molecular weight excluding hydrogens is 356 g/mol. The van der Waals surface area contributed by atoms with Crippen LogP contribution in [0.15, 0.2) is 52.9 Å². The van der Waals surface area contributed by atoms with Gasteiger partial charge in [0.15, 0.2) is 5.76 Å². The number of carbonyl (C=O) groups excluding carboxylic acids is 2. The maximum absolute atomic E-state index is 12.5. The summed E-state index contributed by atoms with van der Waals surface area (Å²) in [6.45, 7) is 3.68. The molecule has 0 aliphatic carbocycles. The third kappa shape index (κ3) is 3.22. The molecule has 0 unspecified atom stereocenters. The number of benzene rings is 1. The molecule has 2 amide bonds. The zero-order valence-corrected chi connectivity index (χ0v) is 15.8. The number of pyridine rings is 1. The van der Waals surface area contributed by atoms with Crippen LogP contribution < -0.4 is 15.5 Å². The van der Waals surface area contributed by atoms with Gasteiger partial charge in [-0.3, -0.25) is 9.59 Å². The molecule has 0 fully saturated rings. The fourth-order valence-corrected chi connectivity index (χ4v) is 3.22. The zero-order chi connectivity index (χ0) is 19.8. The van der Waals surface area contributed by atoms with E-state index >= 15 is 0 Å². The fourth-order valence-electron chi connectivity index (χ4n) is 3.22. The molecule has 3 aromatic rings. The standard InChI is InChI=1S/C21H20N4O3/c1-12-4-10-16-19(22-12)25(3)18(24-20(16)26)14-6-8-15(9-7-14)23-21(27)17-11-5-13(2)28-17/h4-11,18H,1-3H3,(H,23,27)(H,24,26)/t18-/m1/s1. The molecule has 28 heavy (non-hydrogen) atoms. The van der Waals surface area contributed by atoms with Gasteiger partial charge in [-0.15, -0.1) is 0 Å². The van der Waals surface area contributed by atoms with Crippen molar-refractivity contribution in [2.45, 2.75) is 20.0 Å². The van der Waals surface area contributed by atoms with Gasteiger partial charge >= 0.3 is 0 Å². The van der Waals surface area contributed by atoms with Crippen molar-refractivity contribution in [3.63, 3.8) is 0 Å². The molecule has 0 spiro atoms. The molecule has 1 aromatic carbocycles. The topological polar surface area (TPSA) is 87.5 Å². The van der Waals surface area contributed by atoms with Gasteiger partial charge < -0.3 is 20.0 Å². The maximum Gasteiger partial charge on any atom is 0.291 e. The minimum Gasteiger partial charge on any atom is -0.456 e. The van der Waals surface area contributed by atoms with E-state index in [1.54, 1.807) is 37.3 Å². The summed E-state index contributed by atoms with van der Waals surface area (Å²) in [4.78, 5) is 31.1. The van der Waals surface area contributed by atoms with Crippen molar-refractivity contribution in [2.24, 2.45) is 0 Å². The van der Waals surface area contributed by atoms with Gasteiger partial charge in [0, 0.05) is 18.4 Å². The highest BCUT2D eigenvalue weighted by atomic mass is 16.3. The number of nitrogens with zero attached hydrogens (tertiary/aromatic N) is 2. The molecule has 0 radical (unpaired) electrons. The Morgan fingerprint density at radius 3 is 2.54 bits per heavy atom.